The molecule has 1 rings (SSSR count). The molecule has 5 nitrogen and oxygen atoms in total. The first kappa shape index (κ1) is 12.4. The summed E-state index contributed by atoms with van der Waals surface area (Å²) in [5, 5.41) is 8.94. The first-order valence-corrected chi connectivity index (χ1v) is 4.95. The second kappa shape index (κ2) is 4.94. The van der Waals surface area contributed by atoms with Crippen LogP contribution in [0.2, 0.25) is 0 Å². The lowest BCUT2D eigenvalue weighted by Gasteiger charge is -2.06. The molecule has 0 aliphatic rings. The van der Waals surface area contributed by atoms with Crippen LogP contribution in [0.4, 0.5) is 0 Å². The molecule has 0 atom stereocenters. The van der Waals surface area contributed by atoms with Gasteiger partial charge in [0.2, 0.25) is 0 Å². The largest absolute Gasteiger partial charge is 0.478 e. The van der Waals surface area contributed by atoms with E-state index in [1.54, 1.807) is 13.8 Å². The van der Waals surface area contributed by atoms with Gasteiger partial charge < -0.3 is 14.8 Å². The summed E-state index contributed by atoms with van der Waals surface area (Å²) in [5.41, 5.74) is 0.828. The van der Waals surface area contributed by atoms with Gasteiger partial charge in [0.25, 0.3) is 0 Å². The van der Waals surface area contributed by atoms with Gasteiger partial charge in [0.15, 0.2) is 5.78 Å². The first-order chi connectivity index (χ1) is 7.49. The van der Waals surface area contributed by atoms with E-state index in [0.29, 0.717) is 11.3 Å². The Labute approximate surface area is 93.4 Å². The fourth-order valence-corrected chi connectivity index (χ4v) is 1.45. The predicted octanol–water partition coefficient (Wildman–Crippen LogP) is 1.70. The summed E-state index contributed by atoms with van der Waals surface area (Å²) >= 11 is 0. The lowest BCUT2D eigenvalue weighted by molar-refractivity contribution is 0.0692. The number of H-pyrrole nitrogens is 1. The molecular formula is C11H15NO4. The van der Waals surface area contributed by atoms with Crippen LogP contribution in [-0.2, 0) is 11.3 Å². The van der Waals surface area contributed by atoms with Crippen molar-refractivity contribution in [1.29, 1.82) is 0 Å². The van der Waals surface area contributed by atoms with E-state index >= 15 is 0 Å². The summed E-state index contributed by atoms with van der Waals surface area (Å²) in [6, 6.07) is 0. The molecule has 0 radical (unpaired) electrons. The Hall–Kier alpha value is -1.62. The Morgan fingerprint density at radius 3 is 2.56 bits per heavy atom. The number of carboxylic acid groups (broad SMARTS) is 1. The summed E-state index contributed by atoms with van der Waals surface area (Å²) in [6.45, 7) is 3.64. The van der Waals surface area contributed by atoms with Crippen LogP contribution in [0.5, 0.6) is 0 Å². The molecule has 1 heterocycles. The molecule has 5 heteroatoms. The highest BCUT2D eigenvalue weighted by molar-refractivity contribution is 6.01. The average molecular weight is 225 g/mol. The van der Waals surface area contributed by atoms with Crippen molar-refractivity contribution < 1.29 is 19.4 Å². The topological polar surface area (TPSA) is 79.4 Å². The molecule has 0 aliphatic carbocycles. The minimum atomic E-state index is -1.06. The van der Waals surface area contributed by atoms with E-state index in [9.17, 15) is 9.59 Å². The number of carboxylic acids is 1. The number of Topliss-reactive ketones (excluding diaryl/α,β-unsaturated/α-hetero) is 1. The zero-order chi connectivity index (χ0) is 12.3. The van der Waals surface area contributed by atoms with Crippen molar-refractivity contribution in [2.45, 2.75) is 20.5 Å². The van der Waals surface area contributed by atoms with E-state index in [0.717, 1.165) is 0 Å². The fourth-order valence-electron chi connectivity index (χ4n) is 1.45. The van der Waals surface area contributed by atoms with Crippen molar-refractivity contribution in [1.82, 2.24) is 4.98 Å². The van der Waals surface area contributed by atoms with Crippen LogP contribution in [0.1, 0.15) is 40.3 Å². The van der Waals surface area contributed by atoms with Crippen LogP contribution in [0.15, 0.2) is 6.20 Å². The third-order valence-corrected chi connectivity index (χ3v) is 2.28. The molecule has 0 amide bonds. The number of ketones is 1. The van der Waals surface area contributed by atoms with Gasteiger partial charge in [0.1, 0.15) is 0 Å². The van der Waals surface area contributed by atoms with E-state index in [1.807, 2.05) is 0 Å². The van der Waals surface area contributed by atoms with E-state index in [4.69, 9.17) is 9.84 Å². The summed E-state index contributed by atoms with van der Waals surface area (Å²) in [7, 11) is 1.46. The molecule has 0 aliphatic heterocycles. The van der Waals surface area contributed by atoms with Crippen LogP contribution in [0, 0.1) is 5.92 Å². The van der Waals surface area contributed by atoms with Crippen LogP contribution >= 0.6 is 0 Å². The maximum atomic E-state index is 11.8. The number of aromatic amines is 1. The van der Waals surface area contributed by atoms with Crippen molar-refractivity contribution in [3.05, 3.63) is 23.0 Å². The third-order valence-electron chi connectivity index (χ3n) is 2.28. The van der Waals surface area contributed by atoms with E-state index < -0.39 is 5.97 Å². The molecule has 88 valence electrons. The number of carbonyl (C=O) groups excluding carboxylic acids is 1. The van der Waals surface area contributed by atoms with Gasteiger partial charge in [-0.05, 0) is 0 Å². The van der Waals surface area contributed by atoms with Gasteiger partial charge in [0, 0.05) is 24.8 Å². The minimum absolute atomic E-state index is 0.0888. The molecule has 0 aromatic carbocycles. The fraction of sp³-hybridized carbons (Fsp3) is 0.455. The van der Waals surface area contributed by atoms with Gasteiger partial charge >= 0.3 is 5.97 Å². The predicted molar refractivity (Wildman–Crippen MR) is 57.6 cm³/mol. The maximum absolute atomic E-state index is 11.8. The van der Waals surface area contributed by atoms with Gasteiger partial charge in [-0.15, -0.1) is 0 Å². The second-order valence-corrected chi connectivity index (χ2v) is 3.81. The number of aromatic carboxylic acids is 1. The molecule has 1 aromatic rings. The second-order valence-electron chi connectivity index (χ2n) is 3.81. The van der Waals surface area contributed by atoms with Gasteiger partial charge in [-0.25, -0.2) is 4.79 Å². The Morgan fingerprint density at radius 2 is 2.12 bits per heavy atom. The monoisotopic (exact) mass is 225 g/mol. The number of rotatable bonds is 5. The Balaban J connectivity index is 3.19. The Kier molecular flexibility index (Phi) is 3.84. The summed E-state index contributed by atoms with van der Waals surface area (Å²) in [4.78, 5) is 25.4. The molecule has 2 N–H and O–H groups in total. The normalized spacial score (nSPS) is 10.8. The lowest BCUT2D eigenvalue weighted by atomic mass is 10.0. The van der Waals surface area contributed by atoms with Crippen LogP contribution in [-0.4, -0.2) is 29.0 Å². The van der Waals surface area contributed by atoms with Crippen LogP contribution < -0.4 is 0 Å². The highest BCUT2D eigenvalue weighted by Gasteiger charge is 2.22. The summed E-state index contributed by atoms with van der Waals surface area (Å²) in [5.74, 6) is -1.36. The minimum Gasteiger partial charge on any atom is -0.478 e. The quantitative estimate of drug-likeness (QED) is 0.747. The van der Waals surface area contributed by atoms with Crippen molar-refractivity contribution in [2.24, 2.45) is 5.92 Å². The van der Waals surface area contributed by atoms with Gasteiger partial charge in [-0.3, -0.25) is 4.79 Å². The van der Waals surface area contributed by atoms with E-state index in [2.05, 4.69) is 4.98 Å². The third kappa shape index (κ3) is 2.30. The molecule has 0 fully saturated rings. The number of ether oxygens (including phenoxy) is 1. The molecule has 0 spiro atoms. The molecular weight excluding hydrogens is 210 g/mol. The summed E-state index contributed by atoms with van der Waals surface area (Å²) in [6.07, 6.45) is 1.33. The number of methoxy groups -OCH3 is 1. The molecule has 0 bridgehead atoms. The lowest BCUT2D eigenvalue weighted by Crippen LogP contribution is -2.12. The Bertz CT molecular complexity index is 406. The van der Waals surface area contributed by atoms with Crippen LogP contribution in [0.25, 0.3) is 0 Å². The van der Waals surface area contributed by atoms with Crippen molar-refractivity contribution in [3.8, 4) is 0 Å². The number of nitrogens with one attached hydrogen (secondary N) is 1. The highest BCUT2D eigenvalue weighted by Crippen LogP contribution is 2.18. The number of carbonyl (C=O) groups is 2. The standard InChI is InChI=1S/C11H15NO4/c1-6(2)10(13)9-8(5-16-3)7(4-12-9)11(14)15/h4,6,12H,5H2,1-3H3,(H,14,15). The molecule has 1 aromatic heterocycles. The SMILES string of the molecule is COCc1c(C(=O)O)c[nH]c1C(=O)C(C)C. The number of hydrogen-bond donors (Lipinski definition) is 2. The van der Waals surface area contributed by atoms with E-state index in [1.165, 1.54) is 13.3 Å². The molecule has 0 saturated heterocycles. The molecule has 0 unspecified atom stereocenters. The van der Waals surface area contributed by atoms with Crippen molar-refractivity contribution >= 4 is 11.8 Å². The average Bonchev–Trinajstić information content (AvgIpc) is 2.61. The van der Waals surface area contributed by atoms with Gasteiger partial charge in [-0.1, -0.05) is 13.8 Å². The Morgan fingerprint density at radius 1 is 1.50 bits per heavy atom. The highest BCUT2D eigenvalue weighted by atomic mass is 16.5. The molecule has 16 heavy (non-hydrogen) atoms. The van der Waals surface area contributed by atoms with Gasteiger partial charge in [0.05, 0.1) is 17.9 Å². The van der Waals surface area contributed by atoms with Crippen LogP contribution in [0.3, 0.4) is 0 Å². The zero-order valence-corrected chi connectivity index (χ0v) is 9.53. The van der Waals surface area contributed by atoms with Crippen molar-refractivity contribution in [2.75, 3.05) is 7.11 Å². The number of aromatic nitrogens is 1. The maximum Gasteiger partial charge on any atom is 0.337 e. The number of hydrogen-bond acceptors (Lipinski definition) is 3. The van der Waals surface area contributed by atoms with Gasteiger partial charge in [-0.2, -0.15) is 0 Å². The van der Waals surface area contributed by atoms with E-state index in [-0.39, 0.29) is 23.9 Å². The summed E-state index contributed by atoms with van der Waals surface area (Å²) < 4.78 is 4.91. The smallest absolute Gasteiger partial charge is 0.337 e. The van der Waals surface area contributed by atoms with Crippen molar-refractivity contribution in [3.63, 3.8) is 0 Å². The molecule has 0 saturated carbocycles. The zero-order valence-electron chi connectivity index (χ0n) is 9.53. The first-order valence-electron chi connectivity index (χ1n) is 4.95.